The number of rotatable bonds is 7. The number of piperidine rings is 3. The molecule has 5 nitrogen and oxygen atoms in total. The molecule has 0 unspecified atom stereocenters. The van der Waals surface area contributed by atoms with Crippen LogP contribution in [0.4, 0.5) is 0 Å². The van der Waals surface area contributed by atoms with E-state index in [9.17, 15) is 4.79 Å². The molecular formula is C30H36N4O. The highest BCUT2D eigenvalue weighted by Gasteiger charge is 2.48. The summed E-state index contributed by atoms with van der Waals surface area (Å²) in [5.74, 6) is 1.74. The molecule has 35 heavy (non-hydrogen) atoms. The van der Waals surface area contributed by atoms with Gasteiger partial charge in [0.25, 0.3) is 0 Å². The van der Waals surface area contributed by atoms with Crippen LogP contribution < -0.4 is 0 Å². The van der Waals surface area contributed by atoms with Gasteiger partial charge in [-0.25, -0.2) is 4.68 Å². The van der Waals surface area contributed by atoms with Gasteiger partial charge in [-0.2, -0.15) is 0 Å². The summed E-state index contributed by atoms with van der Waals surface area (Å²) >= 11 is 0. The minimum Gasteiger partial charge on any atom is -0.303 e. The Kier molecular flexibility index (Phi) is 6.28. The summed E-state index contributed by atoms with van der Waals surface area (Å²) in [6.45, 7) is 4.72. The van der Waals surface area contributed by atoms with E-state index < -0.39 is 0 Å². The van der Waals surface area contributed by atoms with Crippen LogP contribution in [0.5, 0.6) is 0 Å². The van der Waals surface area contributed by atoms with Crippen molar-refractivity contribution >= 4 is 23.4 Å². The number of benzene rings is 2. The van der Waals surface area contributed by atoms with Gasteiger partial charge in [0.1, 0.15) is 11.8 Å². The van der Waals surface area contributed by atoms with Crippen molar-refractivity contribution < 1.29 is 4.79 Å². The smallest absolute Gasteiger partial charge is 0.150 e. The van der Waals surface area contributed by atoms with Crippen molar-refractivity contribution in [3.05, 3.63) is 65.2 Å². The number of fused-ring (bicyclic) bond motifs is 4. The number of nitrogens with zero attached hydrogens (tertiary/aromatic N) is 4. The monoisotopic (exact) mass is 468 g/mol. The van der Waals surface area contributed by atoms with Gasteiger partial charge in [-0.3, -0.25) is 4.79 Å². The van der Waals surface area contributed by atoms with Crippen molar-refractivity contribution in [2.24, 2.45) is 11.8 Å². The number of carbonyl (C=O) groups excluding carboxylic acids is 1. The van der Waals surface area contributed by atoms with Crippen molar-refractivity contribution in [2.75, 3.05) is 19.6 Å². The second-order valence-electron chi connectivity index (χ2n) is 11.0. The first-order valence-electron chi connectivity index (χ1n) is 13.5. The highest BCUT2D eigenvalue weighted by Crippen LogP contribution is 2.52. The molecule has 0 N–H and O–H groups in total. The maximum Gasteiger partial charge on any atom is 0.150 e. The minimum atomic E-state index is 0.367. The molecule has 3 aromatic rings. The molecule has 7 rings (SSSR count). The molecule has 2 aromatic carbocycles. The number of aldehydes is 1. The zero-order chi connectivity index (χ0) is 23.7. The lowest BCUT2D eigenvalue weighted by molar-refractivity contribution is -0.00812. The molecule has 3 aliphatic heterocycles. The Labute approximate surface area is 208 Å². The predicted molar refractivity (Wildman–Crippen MR) is 140 cm³/mol. The largest absolute Gasteiger partial charge is 0.303 e. The number of hydrogen-bond donors (Lipinski definition) is 0. The van der Waals surface area contributed by atoms with Crippen LogP contribution in [0.15, 0.2) is 48.5 Å². The van der Waals surface area contributed by atoms with Crippen LogP contribution >= 0.6 is 0 Å². The fraction of sp³-hybridized carbons (Fsp3) is 0.500. The van der Waals surface area contributed by atoms with Crippen LogP contribution in [-0.2, 0) is 12.0 Å². The molecule has 5 heteroatoms. The molecule has 4 fully saturated rings. The van der Waals surface area contributed by atoms with Crippen molar-refractivity contribution in [3.63, 3.8) is 0 Å². The van der Waals surface area contributed by atoms with E-state index in [1.165, 1.54) is 70.1 Å². The molecule has 1 aromatic heterocycles. The summed E-state index contributed by atoms with van der Waals surface area (Å²) in [7, 11) is 0. The fourth-order valence-electron chi connectivity index (χ4n) is 7.24. The van der Waals surface area contributed by atoms with Gasteiger partial charge in [0.15, 0.2) is 0 Å². The Hall–Kier alpha value is -2.79. The van der Waals surface area contributed by atoms with E-state index in [-0.39, 0.29) is 0 Å². The topological polar surface area (TPSA) is 51.0 Å². The SMILES string of the molecule is O=Cc1ccc2c(c1)nnn2CCC=Cc1cccc(C2([C@@H]3CN4CCC3CC4)CCCCC2)c1. The van der Waals surface area contributed by atoms with Gasteiger partial charge in [-0.15, -0.1) is 5.10 Å². The molecular weight excluding hydrogens is 432 g/mol. The first-order valence-corrected chi connectivity index (χ1v) is 13.5. The van der Waals surface area contributed by atoms with E-state index in [2.05, 4.69) is 51.6 Å². The Balaban J connectivity index is 1.18. The van der Waals surface area contributed by atoms with Gasteiger partial charge in [0.05, 0.1) is 5.52 Å². The second kappa shape index (κ2) is 9.69. The van der Waals surface area contributed by atoms with E-state index in [0.29, 0.717) is 11.0 Å². The average Bonchev–Trinajstić information content (AvgIpc) is 3.34. The van der Waals surface area contributed by atoms with Crippen LogP contribution in [0, 0.1) is 11.8 Å². The van der Waals surface area contributed by atoms with Gasteiger partial charge in [0, 0.05) is 18.7 Å². The summed E-state index contributed by atoms with van der Waals surface area (Å²) < 4.78 is 1.93. The zero-order valence-corrected chi connectivity index (χ0v) is 20.6. The lowest BCUT2D eigenvalue weighted by Crippen LogP contribution is -2.55. The number of carbonyl (C=O) groups is 1. The van der Waals surface area contributed by atoms with E-state index in [1.807, 2.05) is 16.8 Å². The molecule has 0 amide bonds. The van der Waals surface area contributed by atoms with E-state index in [0.717, 1.165) is 42.1 Å². The van der Waals surface area contributed by atoms with Crippen LogP contribution in [-0.4, -0.2) is 45.8 Å². The maximum absolute atomic E-state index is 11.0. The minimum absolute atomic E-state index is 0.367. The Morgan fingerprint density at radius 2 is 1.86 bits per heavy atom. The summed E-state index contributed by atoms with van der Waals surface area (Å²) in [4.78, 5) is 13.7. The highest BCUT2D eigenvalue weighted by atomic mass is 16.1. The molecule has 3 saturated heterocycles. The summed E-state index contributed by atoms with van der Waals surface area (Å²) in [5.41, 5.74) is 5.66. The molecule has 1 atom stereocenters. The molecule has 0 radical (unpaired) electrons. The second-order valence-corrected chi connectivity index (χ2v) is 11.0. The summed E-state index contributed by atoms with van der Waals surface area (Å²) in [5, 5.41) is 8.51. The number of aromatic nitrogens is 3. The molecule has 0 spiro atoms. The van der Waals surface area contributed by atoms with E-state index >= 15 is 0 Å². The third-order valence-corrected chi connectivity index (χ3v) is 9.07. The Bertz CT molecular complexity index is 1210. The van der Waals surface area contributed by atoms with Crippen LogP contribution in [0.1, 0.15) is 72.9 Å². The Morgan fingerprint density at radius 3 is 2.63 bits per heavy atom. The zero-order valence-electron chi connectivity index (χ0n) is 20.6. The van der Waals surface area contributed by atoms with E-state index in [1.54, 1.807) is 11.6 Å². The third-order valence-electron chi connectivity index (χ3n) is 9.07. The summed E-state index contributed by atoms with van der Waals surface area (Å²) in [6, 6.07) is 15.0. The van der Waals surface area contributed by atoms with Crippen molar-refractivity contribution in [3.8, 4) is 0 Å². The lowest BCUT2D eigenvalue weighted by atomic mass is 9.56. The quantitative estimate of drug-likeness (QED) is 0.406. The molecule has 4 aliphatic rings. The van der Waals surface area contributed by atoms with Gasteiger partial charge in [-0.1, -0.05) is 60.9 Å². The first kappa shape index (κ1) is 22.7. The standard InChI is InChI=1S/C30H36N4O/c35-22-24-10-11-29-28(20-24)31-32-34(29)16-5-2-7-23-8-6-9-26(19-23)30(14-3-1-4-15-30)27-21-33-17-12-25(27)13-18-33/h2,6-11,19-20,22,25,27H,1,3-5,12-18,21H2/t27-/m1/s1. The van der Waals surface area contributed by atoms with Crippen molar-refractivity contribution in [1.29, 1.82) is 0 Å². The number of aryl methyl sites for hydroxylation is 1. The number of allylic oxidation sites excluding steroid dienone is 1. The van der Waals surface area contributed by atoms with Gasteiger partial charge >= 0.3 is 0 Å². The first-order chi connectivity index (χ1) is 17.2. The number of hydrogen-bond acceptors (Lipinski definition) is 4. The highest BCUT2D eigenvalue weighted by molar-refractivity contribution is 5.84. The molecule has 1 saturated carbocycles. The fourth-order valence-corrected chi connectivity index (χ4v) is 7.24. The van der Waals surface area contributed by atoms with E-state index in [4.69, 9.17) is 0 Å². The third kappa shape index (κ3) is 4.35. The van der Waals surface area contributed by atoms with Crippen molar-refractivity contribution in [1.82, 2.24) is 19.9 Å². The van der Waals surface area contributed by atoms with Gasteiger partial charge in [-0.05, 0) is 91.8 Å². The van der Waals surface area contributed by atoms with Crippen molar-refractivity contribution in [2.45, 2.75) is 63.3 Å². The van der Waals surface area contributed by atoms with Crippen LogP contribution in [0.25, 0.3) is 17.1 Å². The molecule has 182 valence electrons. The maximum atomic E-state index is 11.0. The molecule has 4 heterocycles. The molecule has 2 bridgehead atoms. The van der Waals surface area contributed by atoms with Crippen LogP contribution in [0.2, 0.25) is 0 Å². The predicted octanol–water partition coefficient (Wildman–Crippen LogP) is 5.89. The van der Waals surface area contributed by atoms with Gasteiger partial charge < -0.3 is 4.90 Å². The average molecular weight is 469 g/mol. The molecule has 1 aliphatic carbocycles. The summed E-state index contributed by atoms with van der Waals surface area (Å²) in [6.07, 6.45) is 16.0. The van der Waals surface area contributed by atoms with Gasteiger partial charge in [0.2, 0.25) is 0 Å². The lowest BCUT2D eigenvalue weighted by Gasteiger charge is -2.55. The Morgan fingerprint density at radius 1 is 1.00 bits per heavy atom. The van der Waals surface area contributed by atoms with Crippen LogP contribution in [0.3, 0.4) is 0 Å². The normalized spacial score (nSPS) is 25.9.